The second-order valence-electron chi connectivity index (χ2n) is 2.82. The van der Waals surface area contributed by atoms with Crippen molar-refractivity contribution in [3.8, 4) is 0 Å². The molecule has 4 nitrogen and oxygen atoms in total. The van der Waals surface area contributed by atoms with E-state index in [0.717, 1.165) is 0 Å². The summed E-state index contributed by atoms with van der Waals surface area (Å²) < 4.78 is 0. The van der Waals surface area contributed by atoms with Gasteiger partial charge in [0.25, 0.3) is 0 Å². The highest BCUT2D eigenvalue weighted by Crippen LogP contribution is 2.24. The molecule has 0 aromatic carbocycles. The first-order valence-electron chi connectivity index (χ1n) is 3.39. The van der Waals surface area contributed by atoms with E-state index >= 15 is 0 Å². The van der Waals surface area contributed by atoms with E-state index in [1.165, 1.54) is 0 Å². The molecule has 1 aliphatic rings. The zero-order valence-corrected chi connectivity index (χ0v) is 5.64. The Morgan fingerprint density at radius 3 is 2.10 bits per heavy atom. The molecular formula is C6H13NO3. The molecule has 0 aromatic rings. The van der Waals surface area contributed by atoms with Crippen LogP contribution in [0.3, 0.4) is 0 Å². The van der Waals surface area contributed by atoms with Gasteiger partial charge in [-0.1, -0.05) is 0 Å². The minimum absolute atomic E-state index is 0.105. The average Bonchev–Trinajstić information content (AvgIpc) is 2.17. The number of nitrogens with two attached hydrogens (primary N) is 1. The molecular weight excluding hydrogens is 134 g/mol. The van der Waals surface area contributed by atoms with Gasteiger partial charge in [0.15, 0.2) is 0 Å². The van der Waals surface area contributed by atoms with Crippen molar-refractivity contribution in [2.45, 2.75) is 24.7 Å². The summed E-state index contributed by atoms with van der Waals surface area (Å²) in [5.74, 6) is -0.245. The number of aliphatic hydroxyl groups is 3. The van der Waals surface area contributed by atoms with Crippen molar-refractivity contribution in [3.05, 3.63) is 0 Å². The lowest BCUT2D eigenvalue weighted by Crippen LogP contribution is -2.35. The van der Waals surface area contributed by atoms with Crippen LogP contribution in [-0.4, -0.2) is 40.2 Å². The molecule has 0 saturated heterocycles. The molecule has 1 saturated carbocycles. The maximum Gasteiger partial charge on any atom is 0.0953 e. The third-order valence-corrected chi connectivity index (χ3v) is 2.08. The van der Waals surface area contributed by atoms with Crippen LogP contribution in [0.2, 0.25) is 0 Å². The van der Waals surface area contributed by atoms with Gasteiger partial charge in [-0.2, -0.15) is 0 Å². The molecule has 10 heavy (non-hydrogen) atoms. The highest BCUT2D eigenvalue weighted by Gasteiger charge is 2.38. The fourth-order valence-corrected chi connectivity index (χ4v) is 1.34. The van der Waals surface area contributed by atoms with E-state index in [0.29, 0.717) is 6.42 Å². The third-order valence-electron chi connectivity index (χ3n) is 2.08. The first-order valence-corrected chi connectivity index (χ1v) is 3.39. The molecule has 0 radical (unpaired) electrons. The predicted octanol–water partition coefficient (Wildman–Crippen LogP) is -1.95. The van der Waals surface area contributed by atoms with Crippen molar-refractivity contribution in [1.82, 2.24) is 0 Å². The maximum atomic E-state index is 9.14. The highest BCUT2D eigenvalue weighted by atomic mass is 16.3. The molecule has 0 aromatic heterocycles. The fourth-order valence-electron chi connectivity index (χ4n) is 1.34. The van der Waals surface area contributed by atoms with Crippen LogP contribution in [0.15, 0.2) is 0 Å². The number of hydrogen-bond acceptors (Lipinski definition) is 4. The molecule has 0 aliphatic heterocycles. The van der Waals surface area contributed by atoms with Crippen molar-refractivity contribution in [2.24, 2.45) is 11.7 Å². The Morgan fingerprint density at radius 1 is 1.30 bits per heavy atom. The van der Waals surface area contributed by atoms with Crippen LogP contribution in [0.5, 0.6) is 0 Å². The van der Waals surface area contributed by atoms with E-state index in [1.54, 1.807) is 0 Å². The molecule has 1 rings (SSSR count). The standard InChI is InChI=1S/C6H13NO3/c7-4-1-3(2-8)5(9)6(4)10/h3-6,8-10H,1-2,7H2/t3-,4?,5-,6?/m1/s1. The van der Waals surface area contributed by atoms with Crippen LogP contribution in [0, 0.1) is 5.92 Å². The minimum atomic E-state index is -0.864. The molecule has 1 aliphatic carbocycles. The van der Waals surface area contributed by atoms with E-state index in [2.05, 4.69) is 0 Å². The Kier molecular flexibility index (Phi) is 2.25. The highest BCUT2D eigenvalue weighted by molar-refractivity contribution is 4.92. The summed E-state index contributed by atoms with van der Waals surface area (Å²) in [6, 6.07) is -0.382. The average molecular weight is 147 g/mol. The Hall–Kier alpha value is -0.160. The zero-order chi connectivity index (χ0) is 7.72. The minimum Gasteiger partial charge on any atom is -0.396 e. The molecule has 60 valence electrons. The predicted molar refractivity (Wildman–Crippen MR) is 35.2 cm³/mol. The van der Waals surface area contributed by atoms with Gasteiger partial charge in [0.1, 0.15) is 0 Å². The molecule has 0 spiro atoms. The van der Waals surface area contributed by atoms with E-state index < -0.39 is 12.2 Å². The van der Waals surface area contributed by atoms with Gasteiger partial charge in [0.2, 0.25) is 0 Å². The molecule has 4 heteroatoms. The molecule has 0 heterocycles. The molecule has 0 bridgehead atoms. The van der Waals surface area contributed by atoms with E-state index in [4.69, 9.17) is 21.1 Å². The van der Waals surface area contributed by atoms with Crippen LogP contribution in [-0.2, 0) is 0 Å². The lowest BCUT2D eigenvalue weighted by molar-refractivity contribution is 0.00300. The molecule has 0 amide bonds. The largest absolute Gasteiger partial charge is 0.396 e. The smallest absolute Gasteiger partial charge is 0.0953 e. The molecule has 1 fully saturated rings. The van der Waals surface area contributed by atoms with Gasteiger partial charge >= 0.3 is 0 Å². The number of rotatable bonds is 1. The lowest BCUT2D eigenvalue weighted by Gasteiger charge is -2.13. The zero-order valence-electron chi connectivity index (χ0n) is 5.64. The van der Waals surface area contributed by atoms with Gasteiger partial charge in [0, 0.05) is 18.6 Å². The van der Waals surface area contributed by atoms with Crippen molar-refractivity contribution in [1.29, 1.82) is 0 Å². The van der Waals surface area contributed by atoms with Gasteiger partial charge in [0.05, 0.1) is 12.2 Å². The maximum absolute atomic E-state index is 9.14. The molecule has 4 atom stereocenters. The van der Waals surface area contributed by atoms with E-state index in [-0.39, 0.29) is 18.6 Å². The molecule has 5 N–H and O–H groups in total. The number of hydrogen-bond donors (Lipinski definition) is 4. The van der Waals surface area contributed by atoms with Crippen molar-refractivity contribution in [2.75, 3.05) is 6.61 Å². The first-order chi connectivity index (χ1) is 4.66. The topological polar surface area (TPSA) is 86.7 Å². The van der Waals surface area contributed by atoms with Crippen molar-refractivity contribution >= 4 is 0 Å². The van der Waals surface area contributed by atoms with Gasteiger partial charge in [-0.3, -0.25) is 0 Å². The van der Waals surface area contributed by atoms with Gasteiger partial charge in [-0.15, -0.1) is 0 Å². The quantitative estimate of drug-likeness (QED) is 0.347. The van der Waals surface area contributed by atoms with Crippen molar-refractivity contribution < 1.29 is 15.3 Å². The summed E-state index contributed by atoms with van der Waals surface area (Å²) in [6.07, 6.45) is -1.21. The summed E-state index contributed by atoms with van der Waals surface area (Å²) in [4.78, 5) is 0. The Balaban J connectivity index is 2.53. The van der Waals surface area contributed by atoms with Crippen LogP contribution < -0.4 is 5.73 Å². The Morgan fingerprint density at radius 2 is 1.90 bits per heavy atom. The lowest BCUT2D eigenvalue weighted by atomic mass is 10.1. The normalized spacial score (nSPS) is 48.0. The van der Waals surface area contributed by atoms with E-state index in [9.17, 15) is 0 Å². The van der Waals surface area contributed by atoms with Crippen LogP contribution in [0.1, 0.15) is 6.42 Å². The first kappa shape index (κ1) is 7.94. The fraction of sp³-hybridized carbons (Fsp3) is 1.00. The summed E-state index contributed by atoms with van der Waals surface area (Å²) in [7, 11) is 0. The Bertz CT molecular complexity index is 120. The summed E-state index contributed by atoms with van der Waals surface area (Å²) in [6.45, 7) is -0.105. The van der Waals surface area contributed by atoms with Crippen LogP contribution in [0.4, 0.5) is 0 Å². The second kappa shape index (κ2) is 2.84. The van der Waals surface area contributed by atoms with Crippen LogP contribution in [0.25, 0.3) is 0 Å². The van der Waals surface area contributed by atoms with Gasteiger partial charge in [-0.05, 0) is 6.42 Å². The number of aliphatic hydroxyl groups excluding tert-OH is 3. The van der Waals surface area contributed by atoms with Gasteiger partial charge in [-0.25, -0.2) is 0 Å². The SMILES string of the molecule is NC1C[C@H](CO)[C@@H](O)C1O. The molecule has 2 unspecified atom stereocenters. The van der Waals surface area contributed by atoms with Gasteiger partial charge < -0.3 is 21.1 Å². The Labute approximate surface area is 59.3 Å². The van der Waals surface area contributed by atoms with Crippen molar-refractivity contribution in [3.63, 3.8) is 0 Å². The summed E-state index contributed by atoms with van der Waals surface area (Å²) in [5.41, 5.74) is 5.41. The van der Waals surface area contributed by atoms with Crippen LogP contribution >= 0.6 is 0 Å². The monoisotopic (exact) mass is 147 g/mol. The second-order valence-corrected chi connectivity index (χ2v) is 2.82. The third kappa shape index (κ3) is 1.15. The van der Waals surface area contributed by atoms with E-state index in [1.807, 2.05) is 0 Å². The summed E-state index contributed by atoms with van der Waals surface area (Å²) in [5, 5.41) is 26.9. The summed E-state index contributed by atoms with van der Waals surface area (Å²) >= 11 is 0.